The van der Waals surface area contributed by atoms with Gasteiger partial charge >= 0.3 is 0 Å². The van der Waals surface area contributed by atoms with Crippen LogP contribution in [0.1, 0.15) is 36.6 Å². The second-order valence-electron chi connectivity index (χ2n) is 5.70. The maximum atomic E-state index is 6.30. The molecule has 112 valence electrons. The molecule has 0 radical (unpaired) electrons. The Morgan fingerprint density at radius 3 is 2.71 bits per heavy atom. The zero-order valence-electron chi connectivity index (χ0n) is 12.0. The van der Waals surface area contributed by atoms with Crippen LogP contribution in [-0.2, 0) is 6.54 Å². The molecule has 0 aliphatic heterocycles. The highest BCUT2D eigenvalue weighted by molar-refractivity contribution is 6.31. The van der Waals surface area contributed by atoms with Crippen LogP contribution in [0.25, 0.3) is 0 Å². The smallest absolute Gasteiger partial charge is 0.117 e. The van der Waals surface area contributed by atoms with Crippen molar-refractivity contribution in [2.45, 2.75) is 37.9 Å². The van der Waals surface area contributed by atoms with E-state index in [9.17, 15) is 0 Å². The van der Waals surface area contributed by atoms with Gasteiger partial charge in [0.2, 0.25) is 0 Å². The molecule has 0 saturated heterocycles. The van der Waals surface area contributed by atoms with Gasteiger partial charge in [0, 0.05) is 23.7 Å². The van der Waals surface area contributed by atoms with Crippen LogP contribution in [0.4, 0.5) is 0 Å². The number of nitrogens with zero attached hydrogens (tertiary/aromatic N) is 1. The Kier molecular flexibility index (Phi) is 4.63. The van der Waals surface area contributed by atoms with E-state index in [1.54, 1.807) is 6.26 Å². The molecule has 1 saturated carbocycles. The normalized spacial score (nSPS) is 16.3. The number of halogens is 1. The summed E-state index contributed by atoms with van der Waals surface area (Å²) in [5.41, 5.74) is 7.34. The second-order valence-corrected chi connectivity index (χ2v) is 6.10. The van der Waals surface area contributed by atoms with E-state index in [-0.39, 0.29) is 6.04 Å². The number of furan rings is 1. The summed E-state index contributed by atoms with van der Waals surface area (Å²) in [6.07, 6.45) is 5.20. The summed E-state index contributed by atoms with van der Waals surface area (Å²) in [5, 5.41) is 0.758. The molecule has 1 aliphatic carbocycles. The van der Waals surface area contributed by atoms with Gasteiger partial charge in [0.25, 0.3) is 0 Å². The lowest BCUT2D eigenvalue weighted by molar-refractivity contribution is 0.225. The van der Waals surface area contributed by atoms with Crippen LogP contribution in [0.5, 0.6) is 0 Å². The average Bonchev–Trinajstić information content (AvgIpc) is 3.21. The van der Waals surface area contributed by atoms with Crippen LogP contribution in [0.15, 0.2) is 47.1 Å². The first-order valence-corrected chi connectivity index (χ1v) is 7.88. The van der Waals surface area contributed by atoms with E-state index in [0.717, 1.165) is 35.9 Å². The third kappa shape index (κ3) is 3.88. The fourth-order valence-corrected chi connectivity index (χ4v) is 2.95. The van der Waals surface area contributed by atoms with Gasteiger partial charge in [-0.1, -0.05) is 29.8 Å². The predicted octanol–water partition coefficient (Wildman–Crippen LogP) is 3.99. The number of rotatable bonds is 7. The van der Waals surface area contributed by atoms with Crippen molar-refractivity contribution in [2.75, 3.05) is 6.54 Å². The minimum Gasteiger partial charge on any atom is -0.468 e. The van der Waals surface area contributed by atoms with Crippen LogP contribution in [0.3, 0.4) is 0 Å². The van der Waals surface area contributed by atoms with Crippen LogP contribution in [0.2, 0.25) is 5.02 Å². The van der Waals surface area contributed by atoms with Crippen molar-refractivity contribution in [1.82, 2.24) is 4.90 Å². The van der Waals surface area contributed by atoms with Crippen molar-refractivity contribution in [3.63, 3.8) is 0 Å². The van der Waals surface area contributed by atoms with Crippen molar-refractivity contribution in [2.24, 2.45) is 5.73 Å². The lowest BCUT2D eigenvalue weighted by Crippen LogP contribution is -2.29. The van der Waals surface area contributed by atoms with Gasteiger partial charge in [-0.05, 0) is 43.0 Å². The molecule has 0 amide bonds. The SMILES string of the molecule is NC(CCN(Cc1ccco1)C1CC1)c1ccccc1Cl. The number of nitrogens with two attached hydrogens (primary N) is 1. The molecule has 4 heteroatoms. The van der Waals surface area contributed by atoms with Gasteiger partial charge in [-0.25, -0.2) is 0 Å². The molecule has 3 nitrogen and oxygen atoms in total. The summed E-state index contributed by atoms with van der Waals surface area (Å²) in [6.45, 7) is 1.84. The largest absolute Gasteiger partial charge is 0.468 e. The molecule has 0 bridgehead atoms. The van der Waals surface area contributed by atoms with Crippen molar-refractivity contribution in [3.05, 3.63) is 59.0 Å². The predicted molar refractivity (Wildman–Crippen MR) is 85.1 cm³/mol. The Balaban J connectivity index is 1.58. The Bertz CT molecular complexity index is 566. The third-order valence-electron chi connectivity index (χ3n) is 4.03. The third-order valence-corrected chi connectivity index (χ3v) is 4.38. The van der Waals surface area contributed by atoms with Crippen LogP contribution < -0.4 is 5.73 Å². The number of hydrogen-bond acceptors (Lipinski definition) is 3. The van der Waals surface area contributed by atoms with Crippen LogP contribution in [-0.4, -0.2) is 17.5 Å². The highest BCUT2D eigenvalue weighted by Crippen LogP contribution is 2.30. The molecule has 2 N–H and O–H groups in total. The van der Waals surface area contributed by atoms with Gasteiger partial charge < -0.3 is 10.2 Å². The maximum absolute atomic E-state index is 6.30. The molecule has 3 rings (SSSR count). The molecule has 1 heterocycles. The quantitative estimate of drug-likeness (QED) is 0.841. The van der Waals surface area contributed by atoms with Gasteiger partial charge in [0.1, 0.15) is 5.76 Å². The first-order chi connectivity index (χ1) is 10.2. The topological polar surface area (TPSA) is 42.4 Å². The molecule has 1 aromatic carbocycles. The summed E-state index contributed by atoms with van der Waals surface area (Å²) in [5.74, 6) is 1.02. The van der Waals surface area contributed by atoms with Crippen LogP contribution >= 0.6 is 11.6 Å². The lowest BCUT2D eigenvalue weighted by Gasteiger charge is -2.23. The van der Waals surface area contributed by atoms with Gasteiger partial charge in [0.15, 0.2) is 0 Å². The van der Waals surface area contributed by atoms with Crippen molar-refractivity contribution in [3.8, 4) is 0 Å². The molecule has 1 aliphatic rings. The molecule has 1 atom stereocenters. The summed E-state index contributed by atoms with van der Waals surface area (Å²) < 4.78 is 5.46. The zero-order valence-corrected chi connectivity index (χ0v) is 12.8. The Labute approximate surface area is 130 Å². The minimum absolute atomic E-state index is 0.0171. The Morgan fingerprint density at radius 1 is 1.24 bits per heavy atom. The molecule has 21 heavy (non-hydrogen) atoms. The first-order valence-electron chi connectivity index (χ1n) is 7.50. The average molecular weight is 305 g/mol. The summed E-state index contributed by atoms with van der Waals surface area (Å²) in [4.78, 5) is 2.47. The summed E-state index contributed by atoms with van der Waals surface area (Å²) in [7, 11) is 0. The van der Waals surface area contributed by atoms with Crippen molar-refractivity contribution >= 4 is 11.6 Å². The van der Waals surface area contributed by atoms with E-state index in [1.165, 1.54) is 12.8 Å². The van der Waals surface area contributed by atoms with Gasteiger partial charge in [-0.15, -0.1) is 0 Å². The van der Waals surface area contributed by atoms with E-state index in [1.807, 2.05) is 36.4 Å². The summed E-state index contributed by atoms with van der Waals surface area (Å²) in [6, 6.07) is 12.5. The Morgan fingerprint density at radius 2 is 2.05 bits per heavy atom. The lowest BCUT2D eigenvalue weighted by atomic mass is 10.0. The summed E-state index contributed by atoms with van der Waals surface area (Å²) >= 11 is 6.22. The Hall–Kier alpha value is -1.29. The van der Waals surface area contributed by atoms with Crippen molar-refractivity contribution < 1.29 is 4.42 Å². The fraction of sp³-hybridized carbons (Fsp3) is 0.412. The molecule has 0 spiro atoms. The maximum Gasteiger partial charge on any atom is 0.117 e. The van der Waals surface area contributed by atoms with Crippen molar-refractivity contribution in [1.29, 1.82) is 0 Å². The van der Waals surface area contributed by atoms with Gasteiger partial charge in [0.05, 0.1) is 12.8 Å². The monoisotopic (exact) mass is 304 g/mol. The molecular formula is C17H21ClN2O. The van der Waals surface area contributed by atoms with E-state index in [4.69, 9.17) is 21.8 Å². The highest BCUT2D eigenvalue weighted by atomic mass is 35.5. The van der Waals surface area contributed by atoms with Crippen LogP contribution in [0, 0.1) is 0 Å². The van der Waals surface area contributed by atoms with E-state index >= 15 is 0 Å². The van der Waals surface area contributed by atoms with Gasteiger partial charge in [-0.3, -0.25) is 4.90 Å². The molecule has 1 fully saturated rings. The standard InChI is InChI=1S/C17H21ClN2O/c18-16-6-2-1-5-15(16)17(19)9-10-20(13-7-8-13)12-14-4-3-11-21-14/h1-6,11,13,17H,7-10,12,19H2. The number of benzene rings is 1. The highest BCUT2D eigenvalue weighted by Gasteiger charge is 2.29. The van der Waals surface area contributed by atoms with E-state index < -0.39 is 0 Å². The van der Waals surface area contributed by atoms with Gasteiger partial charge in [-0.2, -0.15) is 0 Å². The minimum atomic E-state index is -0.0171. The first kappa shape index (κ1) is 14.6. The molecule has 1 aromatic heterocycles. The number of hydrogen-bond donors (Lipinski definition) is 1. The second kappa shape index (κ2) is 6.65. The van der Waals surface area contributed by atoms with E-state index in [2.05, 4.69) is 4.90 Å². The molecule has 2 aromatic rings. The van der Waals surface area contributed by atoms with E-state index in [0.29, 0.717) is 6.04 Å². The zero-order chi connectivity index (χ0) is 14.7. The molecular weight excluding hydrogens is 284 g/mol. The molecule has 1 unspecified atom stereocenters. The fourth-order valence-electron chi connectivity index (χ4n) is 2.67.